The molecule has 0 fully saturated rings. The Hall–Kier alpha value is -2.32. The van der Waals surface area contributed by atoms with E-state index in [4.69, 9.17) is 4.74 Å². The lowest BCUT2D eigenvalue weighted by Gasteiger charge is -2.17. The number of hydrogen-bond acceptors (Lipinski definition) is 5. The van der Waals surface area contributed by atoms with Crippen molar-refractivity contribution in [2.24, 2.45) is 0 Å². The predicted octanol–water partition coefficient (Wildman–Crippen LogP) is 2.39. The molecule has 0 unspecified atom stereocenters. The second kappa shape index (κ2) is 6.29. The van der Waals surface area contributed by atoms with Crippen LogP contribution in [-0.4, -0.2) is 41.3 Å². The zero-order valence-electron chi connectivity index (χ0n) is 14.0. The third-order valence-corrected chi connectivity index (χ3v) is 5.52. The summed E-state index contributed by atoms with van der Waals surface area (Å²) in [6.45, 7) is 7.67. The van der Waals surface area contributed by atoms with E-state index in [1.54, 1.807) is 28.8 Å². The fourth-order valence-corrected chi connectivity index (χ4v) is 3.18. The highest BCUT2D eigenvalue weighted by molar-refractivity contribution is 6.76. The fraction of sp³-hybridized carbons (Fsp3) is 0.375. The standard InChI is InChI=1S/C16H20N4O3Si/c1-24(2,3)9-8-23-11-19-10-17-18-16(19)20-14(21)12-6-4-5-7-13(12)15(20)22/h4-7,10H,8-9,11H2,1-3H3. The molecule has 0 spiro atoms. The number of ether oxygens (including phenoxy) is 1. The lowest BCUT2D eigenvalue weighted by atomic mass is 10.1. The van der Waals surface area contributed by atoms with Gasteiger partial charge in [0.05, 0.1) is 11.1 Å². The minimum atomic E-state index is -1.17. The SMILES string of the molecule is C[Si](C)(C)CCOCn1cnnc1N1C(=O)c2ccccc2C1=O. The molecule has 1 aromatic carbocycles. The van der Waals surface area contributed by atoms with E-state index < -0.39 is 8.07 Å². The molecule has 0 N–H and O–H groups in total. The number of aromatic nitrogens is 3. The van der Waals surface area contributed by atoms with Gasteiger partial charge in [0.1, 0.15) is 13.1 Å². The number of rotatable bonds is 6. The zero-order valence-corrected chi connectivity index (χ0v) is 15.0. The van der Waals surface area contributed by atoms with Gasteiger partial charge in [-0.2, -0.15) is 0 Å². The van der Waals surface area contributed by atoms with Gasteiger partial charge in [-0.3, -0.25) is 14.2 Å². The number of amides is 2. The lowest BCUT2D eigenvalue weighted by Crippen LogP contribution is -2.32. The number of hydrogen-bond donors (Lipinski definition) is 0. The van der Waals surface area contributed by atoms with Crippen LogP contribution in [-0.2, 0) is 11.5 Å². The van der Waals surface area contributed by atoms with Crippen LogP contribution in [0.25, 0.3) is 0 Å². The van der Waals surface area contributed by atoms with Crippen molar-refractivity contribution in [3.05, 3.63) is 41.7 Å². The number of carbonyl (C=O) groups excluding carboxylic acids is 2. The van der Waals surface area contributed by atoms with Crippen LogP contribution in [0.15, 0.2) is 30.6 Å². The molecule has 2 heterocycles. The topological polar surface area (TPSA) is 77.3 Å². The molecule has 0 saturated carbocycles. The van der Waals surface area contributed by atoms with Crippen molar-refractivity contribution in [3.63, 3.8) is 0 Å². The van der Waals surface area contributed by atoms with E-state index in [1.807, 2.05) is 0 Å². The van der Waals surface area contributed by atoms with E-state index in [2.05, 4.69) is 29.8 Å². The molecule has 0 bridgehead atoms. The van der Waals surface area contributed by atoms with E-state index in [-0.39, 0.29) is 24.5 Å². The van der Waals surface area contributed by atoms with Crippen LogP contribution in [0.5, 0.6) is 0 Å². The Bertz CT molecular complexity index is 747. The first-order chi connectivity index (χ1) is 11.4. The van der Waals surface area contributed by atoms with Crippen LogP contribution in [0.4, 0.5) is 5.95 Å². The zero-order chi connectivity index (χ0) is 17.3. The molecule has 0 radical (unpaired) electrons. The van der Waals surface area contributed by atoms with Crippen LogP contribution in [0.2, 0.25) is 25.7 Å². The molecule has 7 nitrogen and oxygen atoms in total. The Balaban J connectivity index is 1.74. The highest BCUT2D eigenvalue weighted by atomic mass is 28.3. The Labute approximate surface area is 141 Å². The number of nitrogens with zero attached hydrogens (tertiary/aromatic N) is 4. The summed E-state index contributed by atoms with van der Waals surface area (Å²) in [6.07, 6.45) is 1.47. The van der Waals surface area contributed by atoms with Gasteiger partial charge in [0.25, 0.3) is 11.8 Å². The molecular weight excluding hydrogens is 324 g/mol. The van der Waals surface area contributed by atoms with E-state index >= 15 is 0 Å². The van der Waals surface area contributed by atoms with Crippen molar-refractivity contribution in [2.45, 2.75) is 32.4 Å². The van der Waals surface area contributed by atoms with Gasteiger partial charge in [-0.05, 0) is 18.2 Å². The van der Waals surface area contributed by atoms with Crippen molar-refractivity contribution < 1.29 is 14.3 Å². The molecular formula is C16H20N4O3Si. The molecule has 3 rings (SSSR count). The van der Waals surface area contributed by atoms with Crippen LogP contribution >= 0.6 is 0 Å². The molecule has 1 aliphatic rings. The summed E-state index contributed by atoms with van der Waals surface area (Å²) in [5.41, 5.74) is 0.772. The second-order valence-corrected chi connectivity index (χ2v) is 12.6. The van der Waals surface area contributed by atoms with Crippen molar-refractivity contribution in [3.8, 4) is 0 Å². The maximum Gasteiger partial charge on any atom is 0.268 e. The minimum absolute atomic E-state index is 0.189. The molecule has 24 heavy (non-hydrogen) atoms. The summed E-state index contributed by atoms with van der Waals surface area (Å²) in [5, 5.41) is 7.76. The summed E-state index contributed by atoms with van der Waals surface area (Å²) >= 11 is 0. The molecule has 2 amide bonds. The van der Waals surface area contributed by atoms with Crippen LogP contribution < -0.4 is 4.90 Å². The molecule has 0 saturated heterocycles. The largest absolute Gasteiger partial charge is 0.361 e. The summed E-state index contributed by atoms with van der Waals surface area (Å²) < 4.78 is 7.25. The fourth-order valence-electron chi connectivity index (χ4n) is 2.43. The Morgan fingerprint density at radius 1 is 1.08 bits per heavy atom. The molecule has 0 aliphatic carbocycles. The molecule has 0 atom stereocenters. The number of anilines is 1. The highest BCUT2D eigenvalue weighted by Crippen LogP contribution is 2.26. The smallest absolute Gasteiger partial charge is 0.268 e. The summed E-state index contributed by atoms with van der Waals surface area (Å²) in [5.74, 6) is -0.576. The van der Waals surface area contributed by atoms with Crippen LogP contribution in [0.1, 0.15) is 20.7 Å². The van der Waals surface area contributed by atoms with Crippen molar-refractivity contribution in [1.82, 2.24) is 14.8 Å². The third kappa shape index (κ3) is 3.15. The molecule has 2 aromatic rings. The first-order valence-electron chi connectivity index (χ1n) is 7.82. The van der Waals surface area contributed by atoms with E-state index in [9.17, 15) is 9.59 Å². The highest BCUT2D eigenvalue weighted by Gasteiger charge is 2.39. The van der Waals surface area contributed by atoms with Crippen molar-refractivity contribution in [2.75, 3.05) is 11.5 Å². The van der Waals surface area contributed by atoms with Gasteiger partial charge in [0, 0.05) is 14.7 Å². The van der Waals surface area contributed by atoms with Gasteiger partial charge in [-0.1, -0.05) is 31.8 Å². The molecule has 126 valence electrons. The summed E-state index contributed by atoms with van der Waals surface area (Å²) in [4.78, 5) is 26.1. The van der Waals surface area contributed by atoms with Crippen molar-refractivity contribution in [1.29, 1.82) is 0 Å². The first-order valence-corrected chi connectivity index (χ1v) is 11.5. The van der Waals surface area contributed by atoms with Crippen LogP contribution in [0, 0.1) is 0 Å². The summed E-state index contributed by atoms with van der Waals surface area (Å²) in [7, 11) is -1.17. The minimum Gasteiger partial charge on any atom is -0.361 e. The van der Waals surface area contributed by atoms with Gasteiger partial charge >= 0.3 is 0 Å². The predicted molar refractivity (Wildman–Crippen MR) is 91.7 cm³/mol. The van der Waals surface area contributed by atoms with Crippen molar-refractivity contribution >= 4 is 25.8 Å². The van der Waals surface area contributed by atoms with Gasteiger partial charge in [0.15, 0.2) is 0 Å². The van der Waals surface area contributed by atoms with Gasteiger partial charge in [-0.15, -0.1) is 10.2 Å². The van der Waals surface area contributed by atoms with E-state index in [0.29, 0.717) is 17.7 Å². The monoisotopic (exact) mass is 344 g/mol. The number of benzene rings is 1. The maximum absolute atomic E-state index is 12.5. The van der Waals surface area contributed by atoms with Gasteiger partial charge < -0.3 is 4.74 Å². The lowest BCUT2D eigenvalue weighted by molar-refractivity contribution is 0.0846. The molecule has 1 aliphatic heterocycles. The van der Waals surface area contributed by atoms with Gasteiger partial charge in [0.2, 0.25) is 5.95 Å². The van der Waals surface area contributed by atoms with E-state index in [0.717, 1.165) is 10.9 Å². The van der Waals surface area contributed by atoms with E-state index in [1.165, 1.54) is 6.33 Å². The average Bonchev–Trinajstić information content (AvgIpc) is 3.07. The Morgan fingerprint density at radius 2 is 1.71 bits per heavy atom. The Morgan fingerprint density at radius 3 is 2.29 bits per heavy atom. The second-order valence-electron chi connectivity index (χ2n) is 6.94. The number of imide groups is 1. The quantitative estimate of drug-likeness (QED) is 0.457. The average molecular weight is 344 g/mol. The number of carbonyl (C=O) groups is 2. The number of fused-ring (bicyclic) bond motifs is 1. The van der Waals surface area contributed by atoms with Gasteiger partial charge in [-0.25, -0.2) is 4.90 Å². The first kappa shape index (κ1) is 16.5. The summed E-state index contributed by atoms with van der Waals surface area (Å²) in [6, 6.07) is 7.79. The van der Waals surface area contributed by atoms with Crippen LogP contribution in [0.3, 0.4) is 0 Å². The third-order valence-electron chi connectivity index (χ3n) is 3.82. The molecule has 1 aromatic heterocycles. The normalized spacial score (nSPS) is 14.4. The maximum atomic E-state index is 12.5. The molecule has 8 heteroatoms. The Kier molecular flexibility index (Phi) is 4.33.